The summed E-state index contributed by atoms with van der Waals surface area (Å²) in [5.41, 5.74) is 1.63. The molecule has 0 aliphatic carbocycles. The minimum absolute atomic E-state index is 0.101. The first-order valence-corrected chi connectivity index (χ1v) is 9.20. The molecule has 0 atom stereocenters. The van der Waals surface area contributed by atoms with E-state index in [1.807, 2.05) is 48.5 Å². The summed E-state index contributed by atoms with van der Waals surface area (Å²) in [5.74, 6) is 1.55. The van der Waals surface area contributed by atoms with Gasteiger partial charge in [0.25, 0.3) is 0 Å². The quantitative estimate of drug-likeness (QED) is 0.573. The van der Waals surface area contributed by atoms with Crippen LogP contribution in [0.1, 0.15) is 33.1 Å². The van der Waals surface area contributed by atoms with Crippen molar-refractivity contribution in [1.82, 2.24) is 0 Å². The number of hydrogen-bond donors (Lipinski definition) is 2. The Morgan fingerprint density at radius 1 is 0.808 bits per heavy atom. The lowest BCUT2D eigenvalue weighted by Crippen LogP contribution is -2.21. The Balaban J connectivity index is 1.74. The number of rotatable bonds is 11. The Kier molecular flexibility index (Phi) is 8.33. The molecular weight excluding hydrogens is 328 g/mol. The van der Waals surface area contributed by atoms with Crippen LogP contribution in [-0.4, -0.2) is 25.7 Å². The molecule has 0 saturated carbocycles. The number of unbranched alkanes of at least 4 members (excludes halogenated alkanes) is 1. The van der Waals surface area contributed by atoms with Gasteiger partial charge in [-0.15, -0.1) is 0 Å². The fourth-order valence-corrected chi connectivity index (χ4v) is 2.25. The number of nitrogens with one attached hydrogen (secondary N) is 2. The molecule has 0 saturated heterocycles. The third kappa shape index (κ3) is 7.05. The van der Waals surface area contributed by atoms with E-state index in [4.69, 9.17) is 9.47 Å². The molecule has 0 unspecified atom stereocenters. The normalized spacial score (nSPS) is 10.2. The molecule has 2 aromatic rings. The molecule has 2 rings (SSSR count). The first-order chi connectivity index (χ1) is 12.7. The summed E-state index contributed by atoms with van der Waals surface area (Å²) in [5, 5.41) is 5.97. The van der Waals surface area contributed by atoms with E-state index in [-0.39, 0.29) is 12.5 Å². The molecule has 140 valence electrons. The fraction of sp³-hybridized carbons (Fsp3) is 0.381. The number of benzene rings is 2. The van der Waals surface area contributed by atoms with Gasteiger partial charge in [-0.2, -0.15) is 0 Å². The maximum absolute atomic E-state index is 12.1. The highest BCUT2D eigenvalue weighted by molar-refractivity contribution is 5.93. The maximum Gasteiger partial charge on any atom is 0.243 e. The summed E-state index contributed by atoms with van der Waals surface area (Å²) in [7, 11) is 0. The van der Waals surface area contributed by atoms with E-state index in [1.54, 1.807) is 0 Å². The van der Waals surface area contributed by atoms with Gasteiger partial charge in [0, 0.05) is 11.4 Å². The van der Waals surface area contributed by atoms with Gasteiger partial charge >= 0.3 is 0 Å². The number of hydrogen-bond acceptors (Lipinski definition) is 4. The first-order valence-electron chi connectivity index (χ1n) is 9.20. The minimum atomic E-state index is -0.101. The van der Waals surface area contributed by atoms with Crippen LogP contribution in [0, 0.1) is 0 Å². The van der Waals surface area contributed by atoms with Crippen molar-refractivity contribution >= 4 is 17.3 Å². The largest absolute Gasteiger partial charge is 0.494 e. The Labute approximate surface area is 155 Å². The zero-order chi connectivity index (χ0) is 18.6. The average molecular weight is 356 g/mol. The summed E-state index contributed by atoms with van der Waals surface area (Å²) in [4.78, 5) is 12.1. The molecule has 1 amide bonds. The lowest BCUT2D eigenvalue weighted by molar-refractivity contribution is -0.114. The van der Waals surface area contributed by atoms with Crippen molar-refractivity contribution in [3.63, 3.8) is 0 Å². The van der Waals surface area contributed by atoms with Gasteiger partial charge in [0.2, 0.25) is 5.91 Å². The van der Waals surface area contributed by atoms with Crippen molar-refractivity contribution in [3.8, 4) is 11.5 Å². The topological polar surface area (TPSA) is 59.6 Å². The molecular formula is C21H28N2O3. The Morgan fingerprint density at radius 3 is 1.96 bits per heavy atom. The third-order valence-corrected chi connectivity index (χ3v) is 3.68. The van der Waals surface area contributed by atoms with Crippen LogP contribution in [0.15, 0.2) is 48.5 Å². The van der Waals surface area contributed by atoms with Gasteiger partial charge in [-0.25, -0.2) is 0 Å². The SMILES string of the molecule is CCCCOc1ccc(NCC(=O)Nc2ccc(OCCC)cc2)cc1. The highest BCUT2D eigenvalue weighted by atomic mass is 16.5. The number of anilines is 2. The molecule has 0 heterocycles. The number of carbonyl (C=O) groups excluding carboxylic acids is 1. The van der Waals surface area contributed by atoms with Gasteiger partial charge < -0.3 is 20.1 Å². The maximum atomic E-state index is 12.1. The van der Waals surface area contributed by atoms with Gasteiger partial charge in [0.1, 0.15) is 11.5 Å². The van der Waals surface area contributed by atoms with Crippen molar-refractivity contribution in [2.75, 3.05) is 30.4 Å². The summed E-state index contributed by atoms with van der Waals surface area (Å²) in [6.45, 7) is 5.82. The molecule has 2 aromatic carbocycles. The van der Waals surface area contributed by atoms with Crippen LogP contribution in [0.5, 0.6) is 11.5 Å². The minimum Gasteiger partial charge on any atom is -0.494 e. The third-order valence-electron chi connectivity index (χ3n) is 3.68. The summed E-state index contributed by atoms with van der Waals surface area (Å²) in [6.07, 6.45) is 3.13. The molecule has 5 heteroatoms. The molecule has 0 aliphatic rings. The van der Waals surface area contributed by atoms with E-state index in [9.17, 15) is 4.79 Å². The van der Waals surface area contributed by atoms with Gasteiger partial charge in [-0.05, 0) is 61.4 Å². The summed E-state index contributed by atoms with van der Waals surface area (Å²) < 4.78 is 11.1. The van der Waals surface area contributed by atoms with E-state index in [2.05, 4.69) is 24.5 Å². The Hall–Kier alpha value is -2.69. The van der Waals surface area contributed by atoms with Crippen LogP contribution in [0.25, 0.3) is 0 Å². The predicted molar refractivity (Wildman–Crippen MR) is 106 cm³/mol. The highest BCUT2D eigenvalue weighted by Crippen LogP contribution is 2.17. The average Bonchev–Trinajstić information content (AvgIpc) is 2.67. The first kappa shape index (κ1) is 19.6. The fourth-order valence-electron chi connectivity index (χ4n) is 2.25. The number of ether oxygens (including phenoxy) is 2. The van der Waals surface area contributed by atoms with E-state index in [0.29, 0.717) is 6.61 Å². The van der Waals surface area contributed by atoms with Gasteiger partial charge in [-0.1, -0.05) is 20.3 Å². The van der Waals surface area contributed by atoms with Crippen LogP contribution in [-0.2, 0) is 4.79 Å². The molecule has 2 N–H and O–H groups in total. The summed E-state index contributed by atoms with van der Waals surface area (Å²) >= 11 is 0. The van der Waals surface area contributed by atoms with Crippen LogP contribution in [0.4, 0.5) is 11.4 Å². The molecule has 0 aromatic heterocycles. The molecule has 0 spiro atoms. The van der Waals surface area contributed by atoms with E-state index in [0.717, 1.165) is 48.7 Å². The second-order valence-electron chi connectivity index (χ2n) is 6.00. The molecule has 26 heavy (non-hydrogen) atoms. The van der Waals surface area contributed by atoms with Crippen LogP contribution in [0.3, 0.4) is 0 Å². The number of carbonyl (C=O) groups is 1. The second kappa shape index (κ2) is 11.0. The zero-order valence-corrected chi connectivity index (χ0v) is 15.6. The predicted octanol–water partition coefficient (Wildman–Crippen LogP) is 4.70. The van der Waals surface area contributed by atoms with Gasteiger partial charge in [0.15, 0.2) is 0 Å². The van der Waals surface area contributed by atoms with Crippen LogP contribution >= 0.6 is 0 Å². The van der Waals surface area contributed by atoms with Crippen LogP contribution in [0.2, 0.25) is 0 Å². The van der Waals surface area contributed by atoms with Crippen molar-refractivity contribution in [2.24, 2.45) is 0 Å². The van der Waals surface area contributed by atoms with Crippen molar-refractivity contribution in [3.05, 3.63) is 48.5 Å². The van der Waals surface area contributed by atoms with E-state index < -0.39 is 0 Å². The number of amides is 1. The van der Waals surface area contributed by atoms with E-state index >= 15 is 0 Å². The highest BCUT2D eigenvalue weighted by Gasteiger charge is 2.03. The van der Waals surface area contributed by atoms with Crippen molar-refractivity contribution in [2.45, 2.75) is 33.1 Å². The van der Waals surface area contributed by atoms with E-state index in [1.165, 1.54) is 0 Å². The Bertz CT molecular complexity index is 654. The van der Waals surface area contributed by atoms with Crippen LogP contribution < -0.4 is 20.1 Å². The molecule has 0 bridgehead atoms. The monoisotopic (exact) mass is 356 g/mol. The van der Waals surface area contributed by atoms with Gasteiger partial charge in [0.05, 0.1) is 19.8 Å². The molecule has 0 aliphatic heterocycles. The lowest BCUT2D eigenvalue weighted by Gasteiger charge is -2.10. The zero-order valence-electron chi connectivity index (χ0n) is 15.6. The second-order valence-corrected chi connectivity index (χ2v) is 6.00. The smallest absolute Gasteiger partial charge is 0.243 e. The lowest BCUT2D eigenvalue weighted by atomic mass is 10.3. The van der Waals surface area contributed by atoms with Gasteiger partial charge in [-0.3, -0.25) is 4.79 Å². The molecule has 5 nitrogen and oxygen atoms in total. The molecule has 0 radical (unpaired) electrons. The van der Waals surface area contributed by atoms with Crippen molar-refractivity contribution in [1.29, 1.82) is 0 Å². The summed E-state index contributed by atoms with van der Waals surface area (Å²) in [6, 6.07) is 15.0. The van der Waals surface area contributed by atoms with Crippen molar-refractivity contribution < 1.29 is 14.3 Å². The molecule has 0 fully saturated rings. The standard InChI is InChI=1S/C21H28N2O3/c1-3-5-15-26-20-10-6-17(7-11-20)22-16-21(24)23-18-8-12-19(13-9-18)25-14-4-2/h6-13,22H,3-5,14-16H2,1-2H3,(H,23,24). The Morgan fingerprint density at radius 2 is 1.38 bits per heavy atom.